The Hall–Kier alpha value is -4.00. The zero-order valence-corrected chi connectivity index (χ0v) is 23.4. The van der Waals surface area contributed by atoms with E-state index in [1.54, 1.807) is 0 Å². The number of fused-ring (bicyclic) bond motifs is 1. The van der Waals surface area contributed by atoms with E-state index in [1.807, 2.05) is 41.8 Å². The number of likely N-dealkylation sites (tertiary alicyclic amines) is 1. The van der Waals surface area contributed by atoms with E-state index in [4.69, 9.17) is 4.98 Å². The minimum Gasteiger partial charge on any atom is -0.350 e. The lowest BCUT2D eigenvalue weighted by molar-refractivity contribution is 0.0926. The minimum absolute atomic E-state index is 0.0959. The first-order chi connectivity index (χ1) is 19.7. The number of carbonyl (C=O) groups excluding carboxylic acids is 1. The normalized spacial score (nSPS) is 15.7. The van der Waals surface area contributed by atoms with Crippen LogP contribution in [0.5, 0.6) is 0 Å². The van der Waals surface area contributed by atoms with Crippen molar-refractivity contribution in [3.8, 4) is 0 Å². The minimum atomic E-state index is -0.0959. The molecule has 1 aliphatic heterocycles. The molecule has 1 atom stereocenters. The molecule has 1 aliphatic rings. The van der Waals surface area contributed by atoms with Gasteiger partial charge in [0.2, 0.25) is 0 Å². The topological polar surface area (TPSA) is 48.5 Å². The third-order valence-corrected chi connectivity index (χ3v) is 8.50. The summed E-state index contributed by atoms with van der Waals surface area (Å²) in [5, 5.41) is 8.50. The van der Waals surface area contributed by atoms with Crippen LogP contribution >= 0.6 is 11.3 Å². The maximum atomic E-state index is 13.1. The van der Waals surface area contributed by atoms with Gasteiger partial charge in [-0.25, -0.2) is 4.98 Å². The molecule has 1 fully saturated rings. The molecular weight excluding hydrogens is 512 g/mol. The highest BCUT2D eigenvalue weighted by Gasteiger charge is 2.22. The lowest BCUT2D eigenvalue weighted by Crippen LogP contribution is -2.40. The Morgan fingerprint density at radius 3 is 2.52 bits per heavy atom. The van der Waals surface area contributed by atoms with Gasteiger partial charge in [0.05, 0.1) is 6.54 Å². The highest BCUT2D eigenvalue weighted by Crippen LogP contribution is 2.30. The van der Waals surface area contributed by atoms with Gasteiger partial charge in [-0.1, -0.05) is 91.0 Å². The van der Waals surface area contributed by atoms with Crippen LogP contribution in [0, 0.1) is 5.92 Å². The van der Waals surface area contributed by atoms with E-state index in [0.717, 1.165) is 43.3 Å². The second kappa shape index (κ2) is 12.5. The number of amides is 1. The van der Waals surface area contributed by atoms with Gasteiger partial charge in [-0.15, -0.1) is 11.3 Å². The number of nitrogens with one attached hydrogen (secondary N) is 1. The second-order valence-electron chi connectivity index (χ2n) is 10.5. The molecule has 1 saturated heterocycles. The summed E-state index contributed by atoms with van der Waals surface area (Å²) in [4.78, 5) is 22.6. The van der Waals surface area contributed by atoms with Crippen molar-refractivity contribution >= 4 is 38.8 Å². The Bertz CT molecular complexity index is 1550. The van der Waals surface area contributed by atoms with Crippen LogP contribution in [-0.4, -0.2) is 35.4 Å². The summed E-state index contributed by atoms with van der Waals surface area (Å²) in [5.74, 6) is 0.339. The van der Waals surface area contributed by atoms with E-state index >= 15 is 0 Å². The molecule has 0 radical (unpaired) electrons. The molecule has 0 unspecified atom stereocenters. The summed E-state index contributed by atoms with van der Waals surface area (Å²) >= 11 is 1.51. The summed E-state index contributed by atoms with van der Waals surface area (Å²) in [7, 11) is 0. The molecule has 5 aromatic rings. The van der Waals surface area contributed by atoms with Gasteiger partial charge in [0.25, 0.3) is 5.91 Å². The van der Waals surface area contributed by atoms with Gasteiger partial charge in [0.1, 0.15) is 5.69 Å². The van der Waals surface area contributed by atoms with Gasteiger partial charge < -0.3 is 10.2 Å². The van der Waals surface area contributed by atoms with Crippen molar-refractivity contribution < 1.29 is 4.79 Å². The van der Waals surface area contributed by atoms with Crippen LogP contribution in [0.3, 0.4) is 0 Å². The highest BCUT2D eigenvalue weighted by atomic mass is 32.1. The number of aromatic nitrogens is 1. The number of hydrogen-bond acceptors (Lipinski definition) is 5. The van der Waals surface area contributed by atoms with E-state index in [2.05, 4.69) is 81.8 Å². The largest absolute Gasteiger partial charge is 0.350 e. The number of benzene rings is 4. The number of hydrogen-bond donors (Lipinski definition) is 1. The summed E-state index contributed by atoms with van der Waals surface area (Å²) in [6.07, 6.45) is 2.28. The molecule has 1 amide bonds. The van der Waals surface area contributed by atoms with E-state index in [9.17, 15) is 4.79 Å². The summed E-state index contributed by atoms with van der Waals surface area (Å²) in [6.45, 7) is 4.39. The Morgan fingerprint density at radius 2 is 1.68 bits per heavy atom. The first kappa shape index (κ1) is 26.2. The van der Waals surface area contributed by atoms with E-state index in [-0.39, 0.29) is 5.91 Å². The lowest BCUT2D eigenvalue weighted by atomic mass is 9.96. The van der Waals surface area contributed by atoms with Gasteiger partial charge in [0.15, 0.2) is 5.13 Å². The number of nitrogens with zero attached hydrogens (tertiary/aromatic N) is 3. The average molecular weight is 547 g/mol. The van der Waals surface area contributed by atoms with E-state index < -0.39 is 0 Å². The van der Waals surface area contributed by atoms with Crippen LogP contribution in [0.15, 0.2) is 109 Å². The van der Waals surface area contributed by atoms with Crippen molar-refractivity contribution in [1.29, 1.82) is 0 Å². The zero-order chi connectivity index (χ0) is 27.1. The van der Waals surface area contributed by atoms with Gasteiger partial charge in [0, 0.05) is 30.7 Å². The molecule has 0 bridgehead atoms. The van der Waals surface area contributed by atoms with Gasteiger partial charge in [-0.05, 0) is 59.3 Å². The zero-order valence-electron chi connectivity index (χ0n) is 22.6. The summed E-state index contributed by atoms with van der Waals surface area (Å²) in [5.41, 5.74) is 4.10. The van der Waals surface area contributed by atoms with Crippen molar-refractivity contribution in [1.82, 2.24) is 15.2 Å². The quantitative estimate of drug-likeness (QED) is 0.211. The number of thiazole rings is 1. The fourth-order valence-corrected chi connectivity index (χ4v) is 6.42. The average Bonchev–Trinajstić information content (AvgIpc) is 3.50. The molecule has 40 heavy (non-hydrogen) atoms. The third kappa shape index (κ3) is 6.24. The Balaban J connectivity index is 1.08. The van der Waals surface area contributed by atoms with Crippen LogP contribution < -0.4 is 10.2 Å². The SMILES string of the molecule is O=C(NC[C@@H]1CCCN(Cc2cccc3ccccc23)C1)c1csc(N(Cc2ccccc2)c2ccccc2)n1. The Kier molecular flexibility index (Phi) is 8.17. The number of anilines is 2. The van der Waals surface area contributed by atoms with Gasteiger partial charge in [-0.3, -0.25) is 9.69 Å². The molecule has 1 N–H and O–H groups in total. The maximum Gasteiger partial charge on any atom is 0.270 e. The van der Waals surface area contributed by atoms with Crippen LogP contribution in [0.2, 0.25) is 0 Å². The van der Waals surface area contributed by atoms with Crippen LogP contribution in [0.1, 0.15) is 34.5 Å². The van der Waals surface area contributed by atoms with Crippen molar-refractivity contribution in [2.45, 2.75) is 25.9 Å². The van der Waals surface area contributed by atoms with Crippen LogP contribution in [0.4, 0.5) is 10.8 Å². The van der Waals surface area contributed by atoms with E-state index in [1.165, 1.54) is 33.2 Å². The molecular formula is C34H34N4OS. The van der Waals surface area contributed by atoms with Crippen LogP contribution in [-0.2, 0) is 13.1 Å². The van der Waals surface area contributed by atoms with Crippen molar-refractivity contribution in [2.75, 3.05) is 24.5 Å². The molecule has 2 heterocycles. The smallest absolute Gasteiger partial charge is 0.270 e. The molecule has 0 saturated carbocycles. The fourth-order valence-electron chi connectivity index (χ4n) is 5.60. The number of piperidine rings is 1. The van der Waals surface area contributed by atoms with Crippen LogP contribution in [0.25, 0.3) is 10.8 Å². The van der Waals surface area contributed by atoms with Crippen molar-refractivity contribution in [3.05, 3.63) is 125 Å². The molecule has 0 aliphatic carbocycles. The highest BCUT2D eigenvalue weighted by molar-refractivity contribution is 7.14. The monoisotopic (exact) mass is 546 g/mol. The first-order valence-corrected chi connectivity index (χ1v) is 14.9. The third-order valence-electron chi connectivity index (χ3n) is 7.64. The maximum absolute atomic E-state index is 13.1. The molecule has 1 aromatic heterocycles. The summed E-state index contributed by atoms with van der Waals surface area (Å²) in [6, 6.07) is 35.8. The lowest BCUT2D eigenvalue weighted by Gasteiger charge is -2.33. The Morgan fingerprint density at radius 1 is 0.925 bits per heavy atom. The summed E-state index contributed by atoms with van der Waals surface area (Å²) < 4.78 is 0. The fraction of sp³-hybridized carbons (Fsp3) is 0.235. The number of carbonyl (C=O) groups is 1. The molecule has 5 nitrogen and oxygen atoms in total. The molecule has 4 aromatic carbocycles. The Labute approximate surface area is 240 Å². The standard InChI is InChI=1S/C34H34N4OS/c39-33(32-25-40-34(36-32)38(30-17-5-2-6-18-30)23-26-11-3-1-4-12-26)35-21-27-13-10-20-37(22-27)24-29-16-9-15-28-14-7-8-19-31(28)29/h1-9,11-12,14-19,25,27H,10,13,20-24H2,(H,35,39)/t27-/m0/s1. The molecule has 6 rings (SSSR count). The predicted molar refractivity (Wildman–Crippen MR) is 165 cm³/mol. The van der Waals surface area contributed by atoms with E-state index in [0.29, 0.717) is 24.7 Å². The predicted octanol–water partition coefficient (Wildman–Crippen LogP) is 7.28. The molecule has 6 heteroatoms. The number of para-hydroxylation sites is 1. The second-order valence-corrected chi connectivity index (χ2v) is 11.4. The van der Waals surface area contributed by atoms with Crippen molar-refractivity contribution in [3.63, 3.8) is 0 Å². The molecule has 0 spiro atoms. The first-order valence-electron chi connectivity index (χ1n) is 14.0. The van der Waals surface area contributed by atoms with Crippen molar-refractivity contribution in [2.24, 2.45) is 5.92 Å². The number of rotatable bonds is 9. The van der Waals surface area contributed by atoms with Gasteiger partial charge in [-0.2, -0.15) is 0 Å². The van der Waals surface area contributed by atoms with Gasteiger partial charge >= 0.3 is 0 Å². The molecule has 202 valence electrons.